The molecule has 0 atom stereocenters. The third-order valence-electron chi connectivity index (χ3n) is 2.26. The van der Waals surface area contributed by atoms with Crippen molar-refractivity contribution in [2.24, 2.45) is 10.7 Å². The predicted octanol–water partition coefficient (Wildman–Crippen LogP) is 2.37. The van der Waals surface area contributed by atoms with Gasteiger partial charge in [0.05, 0.1) is 17.4 Å². The summed E-state index contributed by atoms with van der Waals surface area (Å²) in [6.45, 7) is 3.96. The summed E-state index contributed by atoms with van der Waals surface area (Å²) < 4.78 is 0. The van der Waals surface area contributed by atoms with Crippen molar-refractivity contribution in [3.05, 3.63) is 36.5 Å². The van der Waals surface area contributed by atoms with Crippen LogP contribution in [0.15, 0.2) is 41.5 Å². The summed E-state index contributed by atoms with van der Waals surface area (Å²) in [5.41, 5.74) is 7.58. The Hall–Kier alpha value is -2.10. The van der Waals surface area contributed by atoms with Crippen LogP contribution in [0.3, 0.4) is 0 Å². The van der Waals surface area contributed by atoms with Gasteiger partial charge in [-0.2, -0.15) is 0 Å². The van der Waals surface area contributed by atoms with Gasteiger partial charge >= 0.3 is 0 Å². The number of hydrogen-bond donors (Lipinski definition) is 2. The van der Waals surface area contributed by atoms with Gasteiger partial charge < -0.3 is 11.1 Å². The Labute approximate surface area is 101 Å². The predicted molar refractivity (Wildman–Crippen MR) is 72.1 cm³/mol. The Morgan fingerprint density at radius 1 is 1.35 bits per heavy atom. The number of guanidine groups is 1. The number of pyridine rings is 1. The second-order valence-electron chi connectivity index (χ2n) is 4.15. The molecule has 1 heterocycles. The van der Waals surface area contributed by atoms with Gasteiger partial charge in [0.15, 0.2) is 5.96 Å². The van der Waals surface area contributed by atoms with Gasteiger partial charge in [-0.1, -0.05) is 18.2 Å². The van der Waals surface area contributed by atoms with Crippen molar-refractivity contribution in [3.8, 4) is 0 Å². The van der Waals surface area contributed by atoms with Crippen molar-refractivity contribution in [3.63, 3.8) is 0 Å². The van der Waals surface area contributed by atoms with E-state index in [9.17, 15) is 0 Å². The molecule has 0 aliphatic carbocycles. The molecule has 0 aliphatic heterocycles. The number of aliphatic imine (C=N–C) groups is 1. The van der Waals surface area contributed by atoms with Crippen LogP contribution in [0.2, 0.25) is 0 Å². The van der Waals surface area contributed by atoms with Crippen molar-refractivity contribution in [2.45, 2.75) is 19.9 Å². The summed E-state index contributed by atoms with van der Waals surface area (Å²) >= 11 is 0. The third kappa shape index (κ3) is 2.93. The van der Waals surface area contributed by atoms with Crippen LogP contribution >= 0.6 is 0 Å². The Morgan fingerprint density at radius 2 is 2.12 bits per heavy atom. The highest BCUT2D eigenvalue weighted by Crippen LogP contribution is 2.15. The number of para-hydroxylation sites is 1. The molecule has 4 nitrogen and oxygen atoms in total. The first kappa shape index (κ1) is 11.4. The zero-order valence-electron chi connectivity index (χ0n) is 10.0. The summed E-state index contributed by atoms with van der Waals surface area (Å²) in [6, 6.07) is 10.1. The molecular formula is C13H16N4. The smallest absolute Gasteiger partial charge is 0.193 e. The minimum atomic E-state index is 0.177. The maximum absolute atomic E-state index is 5.76. The lowest BCUT2D eigenvalue weighted by atomic mass is 10.2. The van der Waals surface area contributed by atoms with Crippen LogP contribution in [0, 0.1) is 0 Å². The van der Waals surface area contributed by atoms with Gasteiger partial charge in [0.25, 0.3) is 0 Å². The fraction of sp³-hybridized carbons (Fsp3) is 0.231. The highest BCUT2D eigenvalue weighted by Gasteiger charge is 1.99. The average molecular weight is 228 g/mol. The number of nitrogens with one attached hydrogen (secondary N) is 1. The van der Waals surface area contributed by atoms with Crippen LogP contribution in [0.25, 0.3) is 10.9 Å². The fourth-order valence-corrected chi connectivity index (χ4v) is 1.60. The fourth-order valence-electron chi connectivity index (χ4n) is 1.60. The molecule has 0 unspecified atom stereocenters. The van der Waals surface area contributed by atoms with E-state index < -0.39 is 0 Å². The van der Waals surface area contributed by atoms with Gasteiger partial charge in [0.2, 0.25) is 0 Å². The standard InChI is InChI=1S/C13H16N4/c1-9(2)16-13(14)17-11-7-10-5-3-4-6-12(10)15-8-11/h3-9H,1-2H3,(H3,14,16,17). The van der Waals surface area contributed by atoms with Crippen molar-refractivity contribution < 1.29 is 0 Å². The van der Waals surface area contributed by atoms with E-state index in [0.717, 1.165) is 16.6 Å². The first-order valence-electron chi connectivity index (χ1n) is 5.60. The topological polar surface area (TPSA) is 63.3 Å². The molecule has 17 heavy (non-hydrogen) atoms. The number of nitrogens with two attached hydrogens (primary N) is 1. The zero-order chi connectivity index (χ0) is 12.3. The quantitative estimate of drug-likeness (QED) is 0.612. The Morgan fingerprint density at radius 3 is 2.88 bits per heavy atom. The number of benzene rings is 1. The van der Waals surface area contributed by atoms with Crippen molar-refractivity contribution in [1.82, 2.24) is 4.98 Å². The minimum Gasteiger partial charge on any atom is -0.370 e. The Balaban J connectivity index is 2.25. The molecule has 1 aromatic carbocycles. The van der Waals surface area contributed by atoms with Crippen LogP contribution in [0.1, 0.15) is 13.8 Å². The van der Waals surface area contributed by atoms with E-state index in [1.807, 2.05) is 44.2 Å². The minimum absolute atomic E-state index is 0.177. The third-order valence-corrected chi connectivity index (χ3v) is 2.26. The van der Waals surface area contributed by atoms with E-state index in [1.165, 1.54) is 0 Å². The summed E-state index contributed by atoms with van der Waals surface area (Å²) in [6.07, 6.45) is 1.76. The van der Waals surface area contributed by atoms with Gasteiger partial charge in [-0.05, 0) is 26.0 Å². The van der Waals surface area contributed by atoms with Crippen LogP contribution in [0.5, 0.6) is 0 Å². The van der Waals surface area contributed by atoms with E-state index in [1.54, 1.807) is 6.20 Å². The molecule has 0 spiro atoms. The van der Waals surface area contributed by atoms with E-state index in [2.05, 4.69) is 15.3 Å². The second kappa shape index (κ2) is 4.82. The number of anilines is 1. The van der Waals surface area contributed by atoms with E-state index in [4.69, 9.17) is 5.73 Å². The number of hydrogen-bond acceptors (Lipinski definition) is 2. The molecule has 2 aromatic rings. The number of rotatable bonds is 2. The van der Waals surface area contributed by atoms with Gasteiger partial charge in [-0.3, -0.25) is 9.98 Å². The van der Waals surface area contributed by atoms with Crippen molar-refractivity contribution in [1.29, 1.82) is 0 Å². The van der Waals surface area contributed by atoms with Crippen molar-refractivity contribution in [2.75, 3.05) is 5.32 Å². The Bertz CT molecular complexity index is 546. The molecule has 0 radical (unpaired) electrons. The van der Waals surface area contributed by atoms with Gasteiger partial charge in [-0.25, -0.2) is 0 Å². The first-order chi connectivity index (χ1) is 8.15. The first-order valence-corrected chi connectivity index (χ1v) is 5.60. The maximum atomic E-state index is 5.76. The number of aromatic nitrogens is 1. The summed E-state index contributed by atoms with van der Waals surface area (Å²) in [5, 5.41) is 4.11. The normalized spacial score (nSPS) is 12.1. The molecule has 4 heteroatoms. The molecule has 0 fully saturated rings. The highest BCUT2D eigenvalue weighted by molar-refractivity contribution is 5.94. The molecule has 88 valence electrons. The second-order valence-corrected chi connectivity index (χ2v) is 4.15. The van der Waals surface area contributed by atoms with Gasteiger partial charge in [-0.15, -0.1) is 0 Å². The Kier molecular flexibility index (Phi) is 3.23. The molecule has 0 saturated carbocycles. The largest absolute Gasteiger partial charge is 0.370 e. The van der Waals surface area contributed by atoms with Gasteiger partial charge in [0, 0.05) is 11.4 Å². The molecule has 2 rings (SSSR count). The summed E-state index contributed by atoms with van der Waals surface area (Å²) in [4.78, 5) is 8.55. The van der Waals surface area contributed by atoms with Crippen LogP contribution in [0.4, 0.5) is 5.69 Å². The molecule has 0 bridgehead atoms. The lowest BCUT2D eigenvalue weighted by molar-refractivity contribution is 0.833. The van der Waals surface area contributed by atoms with E-state index in [0.29, 0.717) is 5.96 Å². The van der Waals surface area contributed by atoms with Crippen LogP contribution in [-0.2, 0) is 0 Å². The molecule has 3 N–H and O–H groups in total. The lowest BCUT2D eigenvalue weighted by Crippen LogP contribution is -2.24. The number of nitrogens with zero attached hydrogens (tertiary/aromatic N) is 2. The average Bonchev–Trinajstić information content (AvgIpc) is 2.27. The number of fused-ring (bicyclic) bond motifs is 1. The van der Waals surface area contributed by atoms with Crippen molar-refractivity contribution >= 4 is 22.5 Å². The highest BCUT2D eigenvalue weighted by atomic mass is 15.1. The molecule has 0 saturated heterocycles. The van der Waals surface area contributed by atoms with Crippen LogP contribution < -0.4 is 11.1 Å². The van der Waals surface area contributed by atoms with E-state index in [-0.39, 0.29) is 6.04 Å². The molecule has 1 aromatic heterocycles. The molecular weight excluding hydrogens is 212 g/mol. The summed E-state index contributed by atoms with van der Waals surface area (Å²) in [5.74, 6) is 0.414. The summed E-state index contributed by atoms with van der Waals surface area (Å²) in [7, 11) is 0. The maximum Gasteiger partial charge on any atom is 0.193 e. The van der Waals surface area contributed by atoms with Gasteiger partial charge in [0.1, 0.15) is 0 Å². The monoisotopic (exact) mass is 228 g/mol. The van der Waals surface area contributed by atoms with E-state index >= 15 is 0 Å². The SMILES string of the molecule is CC(C)N=C(N)Nc1cnc2ccccc2c1. The molecule has 0 amide bonds. The zero-order valence-corrected chi connectivity index (χ0v) is 10.0. The molecule has 0 aliphatic rings. The van der Waals surface area contributed by atoms with Crippen LogP contribution in [-0.4, -0.2) is 17.0 Å². The lowest BCUT2D eigenvalue weighted by Gasteiger charge is -2.07.